The van der Waals surface area contributed by atoms with Crippen LogP contribution in [0.2, 0.25) is 0 Å². The summed E-state index contributed by atoms with van der Waals surface area (Å²) in [4.78, 5) is 23.0. The Balaban J connectivity index is 2.19. The average Bonchev–Trinajstić information content (AvgIpc) is 3.08. The lowest BCUT2D eigenvalue weighted by atomic mass is 9.92. The Hall–Kier alpha value is -3.52. The third-order valence-corrected chi connectivity index (χ3v) is 3.99. The number of esters is 1. The summed E-state index contributed by atoms with van der Waals surface area (Å²) in [5.74, 6) is 3.85. The molecule has 1 aromatic carbocycles. The van der Waals surface area contributed by atoms with Gasteiger partial charge in [0.15, 0.2) is 5.76 Å². The normalized spacial score (nSPS) is 11.7. The van der Waals surface area contributed by atoms with Crippen molar-refractivity contribution in [1.29, 1.82) is 5.26 Å². The van der Waals surface area contributed by atoms with Crippen LogP contribution in [0.15, 0.2) is 22.6 Å². The van der Waals surface area contributed by atoms with Crippen LogP contribution in [0.3, 0.4) is 0 Å². The quantitative estimate of drug-likeness (QED) is 0.586. The highest BCUT2D eigenvalue weighted by Crippen LogP contribution is 2.33. The zero-order chi connectivity index (χ0) is 22.3. The number of hydrogen-bond donors (Lipinski definition) is 1. The number of nitrogens with zero attached hydrogens (tertiary/aromatic N) is 1. The van der Waals surface area contributed by atoms with Gasteiger partial charge >= 0.3 is 12.1 Å². The van der Waals surface area contributed by atoms with Crippen LogP contribution < -0.4 is 5.32 Å². The highest BCUT2D eigenvalue weighted by molar-refractivity contribution is 5.84. The van der Waals surface area contributed by atoms with E-state index in [2.05, 4.69) is 21.9 Å². The number of methoxy groups -OCH3 is 1. The van der Waals surface area contributed by atoms with E-state index in [-0.39, 0.29) is 30.7 Å². The summed E-state index contributed by atoms with van der Waals surface area (Å²) in [6, 6.07) is 6.24. The van der Waals surface area contributed by atoms with Crippen molar-refractivity contribution >= 4 is 23.0 Å². The third kappa shape index (κ3) is 6.25. The minimum atomic E-state index is -0.847. The number of nitriles is 1. The van der Waals surface area contributed by atoms with Gasteiger partial charge in [0.25, 0.3) is 0 Å². The second-order valence-corrected chi connectivity index (χ2v) is 7.44. The number of fused-ring (bicyclic) bond motifs is 1. The lowest BCUT2D eigenvalue weighted by molar-refractivity contribution is -0.140. The van der Waals surface area contributed by atoms with E-state index in [0.29, 0.717) is 11.0 Å². The molecule has 30 heavy (non-hydrogen) atoms. The molecule has 158 valence electrons. The first kappa shape index (κ1) is 22.8. The van der Waals surface area contributed by atoms with Crippen LogP contribution in [0.1, 0.15) is 50.9 Å². The molecule has 2 rings (SSSR count). The molecule has 0 saturated heterocycles. The first-order valence-corrected chi connectivity index (χ1v) is 9.28. The van der Waals surface area contributed by atoms with Gasteiger partial charge in [0.1, 0.15) is 17.0 Å². The Labute approximate surface area is 174 Å². The maximum Gasteiger partial charge on any atom is 0.408 e. The second kappa shape index (κ2) is 9.80. The topological polar surface area (TPSA) is 102 Å². The van der Waals surface area contributed by atoms with E-state index in [1.807, 2.05) is 6.07 Å². The number of rotatable bonds is 5. The number of nitrogens with one attached hydrogen (secondary N) is 1. The number of alkyl carbamates (subject to hydrolysis) is 1. The molecule has 1 amide bonds. The van der Waals surface area contributed by atoms with Gasteiger partial charge in [-0.3, -0.25) is 4.79 Å². The Morgan fingerprint density at radius 1 is 1.33 bits per heavy atom. The molecule has 1 atom stereocenters. The van der Waals surface area contributed by atoms with Crippen molar-refractivity contribution in [2.45, 2.75) is 45.1 Å². The predicted molar refractivity (Wildman–Crippen MR) is 107 cm³/mol. The number of carbonyl (C=O) groups is 2. The maximum atomic E-state index is 14.5. The van der Waals surface area contributed by atoms with E-state index >= 15 is 0 Å². The zero-order valence-corrected chi connectivity index (χ0v) is 17.3. The van der Waals surface area contributed by atoms with Crippen molar-refractivity contribution in [1.82, 2.24) is 5.32 Å². The number of carbonyl (C=O) groups excluding carboxylic acids is 2. The van der Waals surface area contributed by atoms with E-state index in [0.717, 1.165) is 0 Å². The van der Waals surface area contributed by atoms with Crippen molar-refractivity contribution in [2.75, 3.05) is 13.7 Å². The molecule has 2 aromatic rings. The molecule has 0 bridgehead atoms. The SMILES string of the molecule is COC(=O)CCC(C#N)c1c(F)ccc2oc(C#CCNC(=O)OC(C)(C)C)cc12. The van der Waals surface area contributed by atoms with Gasteiger partial charge in [-0.05, 0) is 45.2 Å². The van der Waals surface area contributed by atoms with Crippen molar-refractivity contribution in [3.63, 3.8) is 0 Å². The number of amides is 1. The molecule has 0 radical (unpaired) electrons. The highest BCUT2D eigenvalue weighted by atomic mass is 19.1. The van der Waals surface area contributed by atoms with Crippen LogP contribution >= 0.6 is 0 Å². The molecule has 0 fully saturated rings. The van der Waals surface area contributed by atoms with E-state index in [4.69, 9.17) is 9.15 Å². The Kier molecular flexibility index (Phi) is 7.43. The molecule has 1 heterocycles. The van der Waals surface area contributed by atoms with Gasteiger partial charge in [-0.1, -0.05) is 5.92 Å². The number of furan rings is 1. The first-order chi connectivity index (χ1) is 14.1. The molecule has 0 aliphatic carbocycles. The summed E-state index contributed by atoms with van der Waals surface area (Å²) in [7, 11) is 1.25. The fourth-order valence-electron chi connectivity index (χ4n) is 2.72. The summed E-state index contributed by atoms with van der Waals surface area (Å²) in [6.07, 6.45) is -0.482. The molecule has 1 aromatic heterocycles. The molecule has 0 aliphatic heterocycles. The molecule has 1 N–H and O–H groups in total. The van der Waals surface area contributed by atoms with Crippen LogP contribution in [0.4, 0.5) is 9.18 Å². The van der Waals surface area contributed by atoms with Gasteiger partial charge < -0.3 is 19.2 Å². The molecule has 1 unspecified atom stereocenters. The van der Waals surface area contributed by atoms with E-state index in [9.17, 15) is 19.2 Å². The van der Waals surface area contributed by atoms with E-state index < -0.39 is 29.4 Å². The summed E-state index contributed by atoms with van der Waals surface area (Å²) in [6.45, 7) is 5.29. The van der Waals surface area contributed by atoms with E-state index in [1.54, 1.807) is 20.8 Å². The monoisotopic (exact) mass is 414 g/mol. The summed E-state index contributed by atoms with van der Waals surface area (Å²) >= 11 is 0. The lowest BCUT2D eigenvalue weighted by Gasteiger charge is -2.18. The van der Waals surface area contributed by atoms with Gasteiger partial charge in [0, 0.05) is 23.4 Å². The Morgan fingerprint density at radius 2 is 2.07 bits per heavy atom. The molecule has 0 aliphatic rings. The van der Waals surface area contributed by atoms with Gasteiger partial charge in [-0.15, -0.1) is 0 Å². The van der Waals surface area contributed by atoms with Gasteiger partial charge in [0.05, 0.1) is 25.6 Å². The minimum Gasteiger partial charge on any atom is -0.469 e. The van der Waals surface area contributed by atoms with Crippen LogP contribution in [-0.2, 0) is 14.3 Å². The molecule has 7 nitrogen and oxygen atoms in total. The van der Waals surface area contributed by atoms with Crippen LogP contribution in [0.25, 0.3) is 11.0 Å². The fourth-order valence-corrected chi connectivity index (χ4v) is 2.72. The molecule has 8 heteroatoms. The summed E-state index contributed by atoms with van der Waals surface area (Å²) < 4.78 is 29.8. The van der Waals surface area contributed by atoms with Crippen molar-refractivity contribution in [3.8, 4) is 17.9 Å². The number of ether oxygens (including phenoxy) is 2. The number of halogens is 1. The fraction of sp³-hybridized carbons (Fsp3) is 0.409. The van der Waals surface area contributed by atoms with Gasteiger partial charge in [0.2, 0.25) is 0 Å². The molecule has 0 saturated carbocycles. The standard InChI is InChI=1S/C22H23FN2O5/c1-22(2,3)30-21(27)25-11-5-6-15-12-16-18(29-15)9-8-17(23)20(16)14(13-24)7-10-19(26)28-4/h8-9,12,14H,7,10-11H2,1-4H3,(H,25,27). The van der Waals surface area contributed by atoms with Crippen molar-refractivity contribution < 1.29 is 27.9 Å². The number of benzene rings is 1. The molecular formula is C22H23FN2O5. The molecular weight excluding hydrogens is 391 g/mol. The van der Waals surface area contributed by atoms with Crippen LogP contribution in [-0.4, -0.2) is 31.3 Å². The zero-order valence-electron chi connectivity index (χ0n) is 17.3. The van der Waals surface area contributed by atoms with Crippen LogP contribution in [0.5, 0.6) is 0 Å². The van der Waals surface area contributed by atoms with Gasteiger partial charge in [-0.2, -0.15) is 5.26 Å². The lowest BCUT2D eigenvalue weighted by Crippen LogP contribution is -2.32. The Morgan fingerprint density at radius 3 is 2.70 bits per heavy atom. The van der Waals surface area contributed by atoms with Crippen molar-refractivity contribution in [3.05, 3.63) is 35.3 Å². The molecule has 0 spiro atoms. The summed E-state index contributed by atoms with van der Waals surface area (Å²) in [5, 5.41) is 12.4. The maximum absolute atomic E-state index is 14.5. The Bertz CT molecular complexity index is 1030. The van der Waals surface area contributed by atoms with E-state index in [1.165, 1.54) is 25.3 Å². The smallest absolute Gasteiger partial charge is 0.408 e. The second-order valence-electron chi connectivity index (χ2n) is 7.44. The van der Waals surface area contributed by atoms with Crippen LogP contribution in [0, 0.1) is 29.0 Å². The number of hydrogen-bond acceptors (Lipinski definition) is 6. The first-order valence-electron chi connectivity index (χ1n) is 9.28. The average molecular weight is 414 g/mol. The third-order valence-electron chi connectivity index (χ3n) is 3.99. The summed E-state index contributed by atoms with van der Waals surface area (Å²) in [5.41, 5.74) is -0.0845. The largest absolute Gasteiger partial charge is 0.469 e. The van der Waals surface area contributed by atoms with Gasteiger partial charge in [-0.25, -0.2) is 9.18 Å². The minimum absolute atomic E-state index is 0.00853. The highest BCUT2D eigenvalue weighted by Gasteiger charge is 2.22. The predicted octanol–water partition coefficient (Wildman–Crippen LogP) is 4.01. The van der Waals surface area contributed by atoms with Crippen molar-refractivity contribution in [2.24, 2.45) is 0 Å².